The van der Waals surface area contributed by atoms with Crippen molar-refractivity contribution in [2.75, 3.05) is 18.3 Å². The highest BCUT2D eigenvalue weighted by Crippen LogP contribution is 2.34. The van der Waals surface area contributed by atoms with E-state index >= 15 is 0 Å². The van der Waals surface area contributed by atoms with Crippen molar-refractivity contribution in [3.63, 3.8) is 0 Å². The maximum absolute atomic E-state index is 12.1. The molecule has 1 saturated heterocycles. The molecular formula is C19H21N3O5S. The summed E-state index contributed by atoms with van der Waals surface area (Å²) in [4.78, 5) is 12.1. The average Bonchev–Trinajstić information content (AvgIpc) is 3.32. The molecule has 148 valence electrons. The predicted molar refractivity (Wildman–Crippen MR) is 104 cm³/mol. The van der Waals surface area contributed by atoms with Crippen LogP contribution >= 0.6 is 0 Å². The minimum Gasteiger partial charge on any atom is -0.454 e. The molecule has 2 aliphatic rings. The molecule has 2 aromatic rings. The third-order valence-electron chi connectivity index (χ3n) is 5.07. The highest BCUT2D eigenvalue weighted by molar-refractivity contribution is 7.91. The molecule has 3 heterocycles. The Kier molecular flexibility index (Phi) is 4.62. The molecule has 0 unspecified atom stereocenters. The smallest absolute Gasteiger partial charge is 0.244 e. The second-order valence-electron chi connectivity index (χ2n) is 7.03. The highest BCUT2D eigenvalue weighted by Gasteiger charge is 2.32. The Labute approximate surface area is 163 Å². The van der Waals surface area contributed by atoms with Crippen molar-refractivity contribution in [2.45, 2.75) is 20.3 Å². The van der Waals surface area contributed by atoms with Crippen LogP contribution in [0.1, 0.15) is 23.4 Å². The topological polar surface area (TPSA) is 99.0 Å². The van der Waals surface area contributed by atoms with Gasteiger partial charge in [-0.2, -0.15) is 5.10 Å². The number of hydrazone groups is 1. The second-order valence-corrected chi connectivity index (χ2v) is 9.26. The van der Waals surface area contributed by atoms with Crippen molar-refractivity contribution in [1.82, 2.24) is 9.99 Å². The summed E-state index contributed by atoms with van der Waals surface area (Å²) in [6.45, 7) is 4.17. The second kappa shape index (κ2) is 6.97. The number of rotatable bonds is 4. The number of hydrogen-bond donors (Lipinski definition) is 1. The summed E-state index contributed by atoms with van der Waals surface area (Å²) >= 11 is 0. The number of hydrogen-bond acceptors (Lipinski definition) is 6. The van der Waals surface area contributed by atoms with Crippen LogP contribution in [0, 0.1) is 19.8 Å². The van der Waals surface area contributed by atoms with Gasteiger partial charge in [-0.3, -0.25) is 4.79 Å². The molecule has 28 heavy (non-hydrogen) atoms. The van der Waals surface area contributed by atoms with E-state index < -0.39 is 15.8 Å². The zero-order chi connectivity index (χ0) is 19.9. The number of ether oxygens (including phenoxy) is 2. The first-order valence-corrected chi connectivity index (χ1v) is 10.8. The standard InChI is InChI=1S/C19H21N3O5S/c1-12-7-15(9-20-21-19(23)14-5-6-28(24,25)10-14)13(2)22(12)16-3-4-17-18(8-16)27-11-26-17/h3-4,7-9,14H,5-6,10-11H2,1-2H3,(H,21,23)/b20-9-/t14-/m0/s1. The first-order valence-electron chi connectivity index (χ1n) is 8.96. The number of nitrogens with zero attached hydrogens (tertiary/aromatic N) is 2. The van der Waals surface area contributed by atoms with Gasteiger partial charge in [0, 0.05) is 28.7 Å². The normalized spacial score (nSPS) is 20.0. The van der Waals surface area contributed by atoms with Gasteiger partial charge in [-0.15, -0.1) is 0 Å². The van der Waals surface area contributed by atoms with Crippen molar-refractivity contribution in [3.05, 3.63) is 41.2 Å². The van der Waals surface area contributed by atoms with Gasteiger partial charge in [0.2, 0.25) is 12.7 Å². The Bertz CT molecular complexity index is 1070. The molecule has 8 nitrogen and oxygen atoms in total. The molecule has 0 bridgehead atoms. The number of sulfone groups is 1. The Morgan fingerprint density at radius 3 is 2.79 bits per heavy atom. The largest absolute Gasteiger partial charge is 0.454 e. The molecule has 1 fully saturated rings. The van der Waals surface area contributed by atoms with Crippen LogP contribution in [-0.2, 0) is 14.6 Å². The minimum absolute atomic E-state index is 0.0610. The molecule has 9 heteroatoms. The molecule has 1 N–H and O–H groups in total. The molecule has 0 aliphatic carbocycles. The lowest BCUT2D eigenvalue weighted by Gasteiger charge is -2.10. The summed E-state index contributed by atoms with van der Waals surface area (Å²) in [5.41, 5.74) is 6.22. The molecule has 1 aromatic heterocycles. The van der Waals surface area contributed by atoms with Crippen LogP contribution in [0.4, 0.5) is 0 Å². The first kappa shape index (κ1) is 18.5. The van der Waals surface area contributed by atoms with E-state index in [1.54, 1.807) is 6.21 Å². The molecule has 1 aromatic carbocycles. The Hall–Kier alpha value is -2.81. The van der Waals surface area contributed by atoms with E-state index in [-0.39, 0.29) is 24.2 Å². The Morgan fingerprint density at radius 2 is 2.04 bits per heavy atom. The molecule has 2 aliphatic heterocycles. The number of aryl methyl sites for hydroxylation is 1. The van der Waals surface area contributed by atoms with Crippen LogP contribution in [0.15, 0.2) is 29.4 Å². The van der Waals surface area contributed by atoms with Crippen LogP contribution in [0.2, 0.25) is 0 Å². The van der Waals surface area contributed by atoms with E-state index in [0.29, 0.717) is 12.2 Å². The van der Waals surface area contributed by atoms with Crippen LogP contribution in [0.5, 0.6) is 11.5 Å². The molecule has 1 atom stereocenters. The van der Waals surface area contributed by atoms with Crippen LogP contribution < -0.4 is 14.9 Å². The minimum atomic E-state index is -3.10. The van der Waals surface area contributed by atoms with Gasteiger partial charge in [0.05, 0.1) is 23.6 Å². The van der Waals surface area contributed by atoms with E-state index in [4.69, 9.17) is 9.47 Å². The lowest BCUT2D eigenvalue weighted by molar-refractivity contribution is -0.124. The number of nitrogens with one attached hydrogen (secondary N) is 1. The van der Waals surface area contributed by atoms with Crippen molar-refractivity contribution in [2.24, 2.45) is 11.0 Å². The zero-order valence-electron chi connectivity index (χ0n) is 15.6. The predicted octanol–water partition coefficient (Wildman–Crippen LogP) is 1.71. The van der Waals surface area contributed by atoms with Crippen molar-refractivity contribution < 1.29 is 22.7 Å². The van der Waals surface area contributed by atoms with Gasteiger partial charge in [-0.25, -0.2) is 13.8 Å². The van der Waals surface area contributed by atoms with E-state index in [2.05, 4.69) is 15.1 Å². The van der Waals surface area contributed by atoms with Gasteiger partial charge >= 0.3 is 0 Å². The monoisotopic (exact) mass is 403 g/mol. The van der Waals surface area contributed by atoms with Gasteiger partial charge in [0.25, 0.3) is 0 Å². The van der Waals surface area contributed by atoms with Gasteiger partial charge in [0.15, 0.2) is 21.3 Å². The molecule has 1 amide bonds. The molecular weight excluding hydrogens is 382 g/mol. The summed E-state index contributed by atoms with van der Waals surface area (Å²) < 4.78 is 35.9. The molecule has 4 rings (SSSR count). The quantitative estimate of drug-likeness (QED) is 0.619. The van der Waals surface area contributed by atoms with E-state index in [1.165, 1.54) is 0 Å². The lowest BCUT2D eigenvalue weighted by Crippen LogP contribution is -2.27. The van der Waals surface area contributed by atoms with E-state index in [1.807, 2.05) is 38.1 Å². The van der Waals surface area contributed by atoms with Crippen LogP contribution in [0.25, 0.3) is 5.69 Å². The fourth-order valence-electron chi connectivity index (χ4n) is 3.60. The lowest BCUT2D eigenvalue weighted by atomic mass is 10.1. The van der Waals surface area contributed by atoms with Crippen molar-refractivity contribution >= 4 is 22.0 Å². The fourth-order valence-corrected chi connectivity index (χ4v) is 5.34. The highest BCUT2D eigenvalue weighted by atomic mass is 32.2. The maximum Gasteiger partial charge on any atom is 0.244 e. The van der Waals surface area contributed by atoms with Gasteiger partial charge in [-0.1, -0.05) is 0 Å². The number of carbonyl (C=O) groups is 1. The number of aromatic nitrogens is 1. The Morgan fingerprint density at radius 1 is 1.25 bits per heavy atom. The zero-order valence-corrected chi connectivity index (χ0v) is 16.5. The SMILES string of the molecule is Cc1cc(/C=N\NC(=O)[C@H]2CCS(=O)(=O)C2)c(C)n1-c1ccc2c(c1)OCO2. The third-order valence-corrected chi connectivity index (χ3v) is 6.83. The maximum atomic E-state index is 12.1. The van der Waals surface area contributed by atoms with Crippen molar-refractivity contribution in [1.29, 1.82) is 0 Å². The summed E-state index contributed by atoms with van der Waals surface area (Å²) in [6, 6.07) is 7.72. The average molecular weight is 403 g/mol. The van der Waals surface area contributed by atoms with Gasteiger partial charge < -0.3 is 14.0 Å². The molecule has 0 saturated carbocycles. The summed E-state index contributed by atoms with van der Waals surface area (Å²) in [5.74, 6) is 0.507. The number of carbonyl (C=O) groups excluding carboxylic acids is 1. The third kappa shape index (κ3) is 3.49. The summed E-state index contributed by atoms with van der Waals surface area (Å²) in [5, 5.41) is 4.02. The molecule has 0 radical (unpaired) electrons. The Balaban J connectivity index is 1.50. The summed E-state index contributed by atoms with van der Waals surface area (Å²) in [6.07, 6.45) is 1.93. The fraction of sp³-hybridized carbons (Fsp3) is 0.368. The van der Waals surface area contributed by atoms with E-state index in [9.17, 15) is 13.2 Å². The van der Waals surface area contributed by atoms with Crippen LogP contribution in [-0.4, -0.2) is 43.4 Å². The van der Waals surface area contributed by atoms with Gasteiger partial charge in [0.1, 0.15) is 0 Å². The number of benzene rings is 1. The van der Waals surface area contributed by atoms with Crippen molar-refractivity contribution in [3.8, 4) is 17.2 Å². The first-order chi connectivity index (χ1) is 13.3. The number of amides is 1. The van der Waals surface area contributed by atoms with Crippen LogP contribution in [0.3, 0.4) is 0 Å². The van der Waals surface area contributed by atoms with Gasteiger partial charge in [-0.05, 0) is 38.5 Å². The summed E-state index contributed by atoms with van der Waals surface area (Å²) in [7, 11) is -3.10. The van der Waals surface area contributed by atoms with E-state index in [0.717, 1.165) is 28.4 Å². The number of fused-ring (bicyclic) bond motifs is 1. The molecule has 0 spiro atoms.